The summed E-state index contributed by atoms with van der Waals surface area (Å²) >= 11 is 0. The van der Waals surface area contributed by atoms with Crippen LogP contribution in [0.5, 0.6) is 0 Å². The lowest BCUT2D eigenvalue weighted by Gasteiger charge is -2.16. The van der Waals surface area contributed by atoms with E-state index in [9.17, 15) is 0 Å². The second-order valence-corrected chi connectivity index (χ2v) is 6.30. The molecule has 3 nitrogen and oxygen atoms in total. The molecule has 3 heteroatoms. The van der Waals surface area contributed by atoms with Gasteiger partial charge in [0.25, 0.3) is 0 Å². The molecule has 1 N–H and O–H groups in total. The molecule has 2 rings (SSSR count). The molecule has 0 radical (unpaired) electrons. The summed E-state index contributed by atoms with van der Waals surface area (Å²) in [5, 5.41) is 12.6. The van der Waals surface area contributed by atoms with Gasteiger partial charge in [0.15, 0.2) is 0 Å². The van der Waals surface area contributed by atoms with Gasteiger partial charge in [0.05, 0.1) is 11.5 Å². The molecule has 1 saturated carbocycles. The number of nitriles is 1. The third-order valence-electron chi connectivity index (χ3n) is 3.95. The Balaban J connectivity index is 1.96. The molecule has 0 bridgehead atoms. The Labute approximate surface area is 116 Å². The first kappa shape index (κ1) is 14.1. The number of aryl methyl sites for hydroxylation is 1. The van der Waals surface area contributed by atoms with E-state index in [4.69, 9.17) is 5.26 Å². The van der Waals surface area contributed by atoms with E-state index < -0.39 is 0 Å². The Kier molecular flexibility index (Phi) is 4.31. The smallest absolute Gasteiger partial charge is 0.0684 e. The van der Waals surface area contributed by atoms with Gasteiger partial charge in [0.1, 0.15) is 0 Å². The summed E-state index contributed by atoms with van der Waals surface area (Å²) in [5.41, 5.74) is 1.17. The Morgan fingerprint density at radius 2 is 2.26 bits per heavy atom. The largest absolute Gasteiger partial charge is 0.354 e. The molecule has 1 heterocycles. The average molecular weight is 259 g/mol. The lowest BCUT2D eigenvalue weighted by Crippen LogP contribution is -2.22. The molecule has 0 saturated heterocycles. The highest BCUT2D eigenvalue weighted by Gasteiger charge is 2.32. The molecule has 1 aliphatic rings. The first-order chi connectivity index (χ1) is 9.05. The van der Waals surface area contributed by atoms with E-state index in [1.54, 1.807) is 0 Å². The molecular weight excluding hydrogens is 234 g/mol. The van der Waals surface area contributed by atoms with Gasteiger partial charge in [-0.3, -0.25) is 0 Å². The van der Waals surface area contributed by atoms with Crippen LogP contribution in [0.3, 0.4) is 0 Å². The van der Waals surface area contributed by atoms with E-state index in [1.165, 1.54) is 18.4 Å². The number of aromatic nitrogens is 1. The van der Waals surface area contributed by atoms with Crippen LogP contribution in [0.2, 0.25) is 0 Å². The third kappa shape index (κ3) is 3.84. The Morgan fingerprint density at radius 1 is 1.53 bits per heavy atom. The van der Waals surface area contributed by atoms with Crippen molar-refractivity contribution in [2.45, 2.75) is 52.6 Å². The predicted molar refractivity (Wildman–Crippen MR) is 77.6 cm³/mol. The van der Waals surface area contributed by atoms with Crippen molar-refractivity contribution >= 4 is 0 Å². The van der Waals surface area contributed by atoms with E-state index in [-0.39, 0.29) is 5.41 Å². The second kappa shape index (κ2) is 5.79. The summed E-state index contributed by atoms with van der Waals surface area (Å²) in [7, 11) is 0. The normalized spacial score (nSPS) is 17.2. The molecule has 1 fully saturated rings. The lowest BCUT2D eigenvalue weighted by molar-refractivity contribution is 0.413. The predicted octanol–water partition coefficient (Wildman–Crippen LogP) is 3.49. The zero-order valence-corrected chi connectivity index (χ0v) is 12.3. The second-order valence-electron chi connectivity index (χ2n) is 6.30. The van der Waals surface area contributed by atoms with Crippen molar-refractivity contribution in [2.75, 3.05) is 6.54 Å². The minimum atomic E-state index is -0.234. The number of hydrogen-bond donors (Lipinski definition) is 1. The van der Waals surface area contributed by atoms with Crippen LogP contribution in [0.1, 0.15) is 51.6 Å². The standard InChI is InChI=1S/C16H25N3/c1-4-18-15(13-5-6-13)14-7-9-19(11-14)10-8-16(2,3)12-17/h7,9,11,13,15,18H,4-6,8,10H2,1-3H3. The lowest BCUT2D eigenvalue weighted by atomic mass is 9.91. The van der Waals surface area contributed by atoms with Crippen molar-refractivity contribution in [3.8, 4) is 6.07 Å². The van der Waals surface area contributed by atoms with E-state index in [0.717, 1.165) is 25.4 Å². The van der Waals surface area contributed by atoms with E-state index in [0.29, 0.717) is 6.04 Å². The van der Waals surface area contributed by atoms with Crippen LogP contribution < -0.4 is 5.32 Å². The van der Waals surface area contributed by atoms with Gasteiger partial charge in [0.2, 0.25) is 0 Å². The maximum Gasteiger partial charge on any atom is 0.0684 e. The van der Waals surface area contributed by atoms with Crippen LogP contribution in [-0.2, 0) is 6.54 Å². The molecule has 0 aliphatic heterocycles. The van der Waals surface area contributed by atoms with E-state index in [2.05, 4.69) is 41.3 Å². The highest BCUT2D eigenvalue weighted by molar-refractivity contribution is 5.18. The summed E-state index contributed by atoms with van der Waals surface area (Å²) in [6.45, 7) is 8.12. The molecule has 104 valence electrons. The van der Waals surface area contributed by atoms with Crippen molar-refractivity contribution in [1.82, 2.24) is 9.88 Å². The van der Waals surface area contributed by atoms with Crippen LogP contribution in [0.15, 0.2) is 18.5 Å². The molecule has 1 aliphatic carbocycles. The number of nitrogens with one attached hydrogen (secondary N) is 1. The highest BCUT2D eigenvalue weighted by Crippen LogP contribution is 2.41. The molecule has 19 heavy (non-hydrogen) atoms. The molecule has 1 unspecified atom stereocenters. The summed E-state index contributed by atoms with van der Waals surface area (Å²) in [4.78, 5) is 0. The van der Waals surface area contributed by atoms with Crippen LogP contribution >= 0.6 is 0 Å². The summed E-state index contributed by atoms with van der Waals surface area (Å²) in [5.74, 6) is 0.825. The van der Waals surface area contributed by atoms with Crippen LogP contribution in [0.25, 0.3) is 0 Å². The summed E-state index contributed by atoms with van der Waals surface area (Å²) in [6.07, 6.45) is 8.00. The molecule has 0 amide bonds. The fourth-order valence-corrected chi connectivity index (χ4v) is 2.45. The monoisotopic (exact) mass is 259 g/mol. The molecule has 1 aromatic heterocycles. The zero-order chi connectivity index (χ0) is 13.9. The Bertz CT molecular complexity index is 449. The first-order valence-corrected chi connectivity index (χ1v) is 7.36. The highest BCUT2D eigenvalue weighted by atomic mass is 15.0. The van der Waals surface area contributed by atoms with Crippen molar-refractivity contribution in [3.63, 3.8) is 0 Å². The fourth-order valence-electron chi connectivity index (χ4n) is 2.45. The minimum Gasteiger partial charge on any atom is -0.354 e. The molecule has 1 aromatic rings. The first-order valence-electron chi connectivity index (χ1n) is 7.36. The Hall–Kier alpha value is -1.27. The number of hydrogen-bond acceptors (Lipinski definition) is 2. The van der Waals surface area contributed by atoms with Crippen LogP contribution in [-0.4, -0.2) is 11.1 Å². The molecule has 0 aromatic carbocycles. The SMILES string of the molecule is CCNC(c1ccn(CCC(C)(C)C#N)c1)C1CC1. The third-order valence-corrected chi connectivity index (χ3v) is 3.95. The van der Waals surface area contributed by atoms with Gasteiger partial charge >= 0.3 is 0 Å². The van der Waals surface area contributed by atoms with Gasteiger partial charge in [-0.1, -0.05) is 6.92 Å². The maximum absolute atomic E-state index is 9.05. The molecule has 0 spiro atoms. The Morgan fingerprint density at radius 3 is 2.84 bits per heavy atom. The van der Waals surface area contributed by atoms with E-state index in [1.807, 2.05) is 13.8 Å². The van der Waals surface area contributed by atoms with Gasteiger partial charge in [0, 0.05) is 25.0 Å². The zero-order valence-electron chi connectivity index (χ0n) is 12.3. The fraction of sp³-hybridized carbons (Fsp3) is 0.688. The summed E-state index contributed by atoms with van der Waals surface area (Å²) < 4.78 is 2.22. The van der Waals surface area contributed by atoms with Gasteiger partial charge in [-0.05, 0) is 57.2 Å². The van der Waals surface area contributed by atoms with Crippen molar-refractivity contribution in [2.24, 2.45) is 11.3 Å². The van der Waals surface area contributed by atoms with Crippen molar-refractivity contribution in [1.29, 1.82) is 5.26 Å². The molecular formula is C16H25N3. The summed E-state index contributed by atoms with van der Waals surface area (Å²) in [6, 6.07) is 5.11. The molecule has 1 atom stereocenters. The topological polar surface area (TPSA) is 40.8 Å². The van der Waals surface area contributed by atoms with Crippen LogP contribution in [0.4, 0.5) is 0 Å². The van der Waals surface area contributed by atoms with Gasteiger partial charge in [-0.15, -0.1) is 0 Å². The maximum atomic E-state index is 9.05. The van der Waals surface area contributed by atoms with Gasteiger partial charge < -0.3 is 9.88 Å². The average Bonchev–Trinajstić information content (AvgIpc) is 3.12. The van der Waals surface area contributed by atoms with E-state index >= 15 is 0 Å². The number of nitrogens with zero attached hydrogens (tertiary/aromatic N) is 2. The quantitative estimate of drug-likeness (QED) is 0.814. The van der Waals surface area contributed by atoms with Crippen molar-refractivity contribution in [3.05, 3.63) is 24.0 Å². The van der Waals surface area contributed by atoms with Crippen LogP contribution in [0, 0.1) is 22.7 Å². The van der Waals surface area contributed by atoms with Gasteiger partial charge in [-0.2, -0.15) is 5.26 Å². The minimum absolute atomic E-state index is 0.234. The van der Waals surface area contributed by atoms with Crippen molar-refractivity contribution < 1.29 is 0 Å². The number of rotatable bonds is 7. The van der Waals surface area contributed by atoms with Gasteiger partial charge in [-0.25, -0.2) is 0 Å².